The molecule has 4 aromatic rings. The highest BCUT2D eigenvalue weighted by molar-refractivity contribution is 7.13. The van der Waals surface area contributed by atoms with Crippen LogP contribution in [0.15, 0.2) is 42.9 Å². The number of rotatable bonds is 7. The van der Waals surface area contributed by atoms with Gasteiger partial charge in [0.15, 0.2) is 10.8 Å². The van der Waals surface area contributed by atoms with Gasteiger partial charge in [-0.1, -0.05) is 12.1 Å². The number of Topliss-reactive ketones (excluding diaryl/α,β-unsaturated/α-hetero) is 1. The number of aromatic nitrogens is 5. The minimum Gasteiger partial charge on any atom is -0.321 e. The Morgan fingerprint density at radius 2 is 2.06 bits per heavy atom. The molecular formula is C25H26N6OS. The predicted octanol–water partition coefficient (Wildman–Crippen LogP) is 5.08. The number of thiazole rings is 1. The van der Waals surface area contributed by atoms with Crippen LogP contribution in [-0.2, 0) is 26.3 Å². The molecule has 5 rings (SSSR count). The molecule has 3 aromatic heterocycles. The van der Waals surface area contributed by atoms with Gasteiger partial charge in [0.05, 0.1) is 23.3 Å². The Hall–Kier alpha value is -3.39. The van der Waals surface area contributed by atoms with E-state index in [1.807, 2.05) is 19.3 Å². The zero-order valence-corrected chi connectivity index (χ0v) is 19.7. The number of nitrogens with one attached hydrogen (secondary N) is 1. The zero-order valence-electron chi connectivity index (χ0n) is 18.8. The maximum absolute atomic E-state index is 12.7. The average molecular weight is 459 g/mol. The van der Waals surface area contributed by atoms with Gasteiger partial charge in [-0.2, -0.15) is 5.10 Å². The molecule has 0 amide bonds. The van der Waals surface area contributed by atoms with E-state index in [0.717, 1.165) is 41.0 Å². The van der Waals surface area contributed by atoms with Crippen LogP contribution in [0.1, 0.15) is 50.8 Å². The average Bonchev–Trinajstić information content (AvgIpc) is 3.44. The van der Waals surface area contributed by atoms with Crippen LogP contribution in [-0.4, -0.2) is 30.5 Å². The second-order valence-electron chi connectivity index (χ2n) is 8.45. The van der Waals surface area contributed by atoms with Crippen molar-refractivity contribution in [3.05, 3.63) is 69.6 Å². The van der Waals surface area contributed by atoms with E-state index in [-0.39, 0.29) is 5.78 Å². The quantitative estimate of drug-likeness (QED) is 0.389. The number of carbonyl (C=O) groups excluding carboxylic acids is 1. The van der Waals surface area contributed by atoms with Crippen molar-refractivity contribution in [2.75, 3.05) is 5.32 Å². The molecule has 3 heterocycles. The fourth-order valence-electron chi connectivity index (χ4n) is 4.16. The van der Waals surface area contributed by atoms with Gasteiger partial charge in [-0.3, -0.25) is 9.48 Å². The van der Waals surface area contributed by atoms with Crippen molar-refractivity contribution in [3.63, 3.8) is 0 Å². The lowest BCUT2D eigenvalue weighted by molar-refractivity contribution is 0.0982. The van der Waals surface area contributed by atoms with Gasteiger partial charge in [-0.25, -0.2) is 15.0 Å². The molecule has 1 aromatic carbocycles. The van der Waals surface area contributed by atoms with Gasteiger partial charge >= 0.3 is 0 Å². The van der Waals surface area contributed by atoms with Gasteiger partial charge in [0.25, 0.3) is 0 Å². The number of aryl methyl sites for hydroxylation is 5. The Kier molecular flexibility index (Phi) is 6.00. The van der Waals surface area contributed by atoms with E-state index in [9.17, 15) is 4.79 Å². The maximum Gasteiger partial charge on any atom is 0.227 e. The first kappa shape index (κ1) is 21.5. The number of nitrogens with zero attached hydrogens (tertiary/aromatic N) is 5. The Balaban J connectivity index is 1.26. The van der Waals surface area contributed by atoms with Gasteiger partial charge in [-0.05, 0) is 62.3 Å². The largest absolute Gasteiger partial charge is 0.321 e. The topological polar surface area (TPSA) is 85.6 Å². The highest BCUT2D eigenvalue weighted by Gasteiger charge is 2.19. The summed E-state index contributed by atoms with van der Waals surface area (Å²) in [6, 6.07) is 8.18. The second-order valence-corrected chi connectivity index (χ2v) is 9.54. The van der Waals surface area contributed by atoms with Crippen LogP contribution < -0.4 is 5.32 Å². The molecule has 1 aliphatic rings. The number of ketones is 1. The summed E-state index contributed by atoms with van der Waals surface area (Å²) in [4.78, 5) is 27.6. The van der Waals surface area contributed by atoms with E-state index in [1.165, 1.54) is 23.3 Å². The van der Waals surface area contributed by atoms with Crippen molar-refractivity contribution in [2.24, 2.45) is 7.05 Å². The normalized spacial score (nSPS) is 13.0. The van der Waals surface area contributed by atoms with Crippen molar-refractivity contribution in [3.8, 4) is 11.3 Å². The summed E-state index contributed by atoms with van der Waals surface area (Å²) in [5.74, 6) is 0.679. The first-order chi connectivity index (χ1) is 16.0. The van der Waals surface area contributed by atoms with Crippen LogP contribution in [0.25, 0.3) is 11.3 Å². The van der Waals surface area contributed by atoms with Gasteiger partial charge < -0.3 is 5.32 Å². The predicted molar refractivity (Wildman–Crippen MR) is 130 cm³/mol. The third-order valence-corrected chi connectivity index (χ3v) is 7.16. The highest BCUT2D eigenvalue weighted by atomic mass is 32.1. The molecule has 33 heavy (non-hydrogen) atoms. The molecule has 1 N–H and O–H groups in total. The third kappa shape index (κ3) is 4.85. The fraction of sp³-hybridized carbons (Fsp3) is 0.320. The van der Waals surface area contributed by atoms with Crippen LogP contribution in [0.3, 0.4) is 0 Å². The Labute approximate surface area is 196 Å². The van der Waals surface area contributed by atoms with Crippen LogP contribution >= 0.6 is 11.3 Å². The van der Waals surface area contributed by atoms with Crippen LogP contribution in [0, 0.1) is 6.92 Å². The maximum atomic E-state index is 12.7. The van der Waals surface area contributed by atoms with E-state index in [2.05, 4.69) is 50.5 Å². The highest BCUT2D eigenvalue weighted by Crippen LogP contribution is 2.28. The van der Waals surface area contributed by atoms with Crippen molar-refractivity contribution >= 4 is 28.8 Å². The standard InChI is InChI=1S/C25H26N6OS/c1-16-13-18(20-11-12-26-25(30-20)28-19-14-27-31(2)15-19)8-7-17(16)9-10-22(32)24-29-21-5-3-4-6-23(21)33-24/h7-8,11-15H,3-6,9-10H2,1-2H3,(H,26,28,30). The third-order valence-electron chi connectivity index (χ3n) is 5.96. The molecule has 0 aliphatic heterocycles. The summed E-state index contributed by atoms with van der Waals surface area (Å²) < 4.78 is 1.72. The molecule has 8 heteroatoms. The van der Waals surface area contributed by atoms with Crippen LogP contribution in [0.4, 0.5) is 11.6 Å². The summed E-state index contributed by atoms with van der Waals surface area (Å²) >= 11 is 1.60. The van der Waals surface area contributed by atoms with E-state index in [4.69, 9.17) is 0 Å². The zero-order chi connectivity index (χ0) is 22.8. The SMILES string of the molecule is Cc1cc(-c2ccnc(Nc3cnn(C)c3)n2)ccc1CCC(=O)c1nc2c(s1)CCCC2. The molecule has 7 nitrogen and oxygen atoms in total. The van der Waals surface area contributed by atoms with E-state index in [1.54, 1.807) is 28.4 Å². The number of benzene rings is 1. The minimum atomic E-state index is 0.153. The lowest BCUT2D eigenvalue weighted by Gasteiger charge is -2.09. The molecule has 0 radical (unpaired) electrons. The number of fused-ring (bicyclic) bond motifs is 1. The summed E-state index contributed by atoms with van der Waals surface area (Å²) in [5, 5.41) is 8.02. The molecule has 168 valence electrons. The number of carbonyl (C=O) groups is 1. The van der Waals surface area contributed by atoms with Crippen LogP contribution in [0.2, 0.25) is 0 Å². The number of hydrogen-bond acceptors (Lipinski definition) is 7. The summed E-state index contributed by atoms with van der Waals surface area (Å²) in [7, 11) is 1.87. The fourth-order valence-corrected chi connectivity index (χ4v) is 5.27. The molecule has 0 spiro atoms. The summed E-state index contributed by atoms with van der Waals surface area (Å²) in [6.45, 7) is 2.08. The smallest absolute Gasteiger partial charge is 0.227 e. The molecule has 0 fully saturated rings. The molecule has 0 saturated carbocycles. The second kappa shape index (κ2) is 9.23. The van der Waals surface area contributed by atoms with E-state index in [0.29, 0.717) is 23.8 Å². The Morgan fingerprint density at radius 3 is 2.85 bits per heavy atom. The van der Waals surface area contributed by atoms with E-state index < -0.39 is 0 Å². The molecule has 0 unspecified atom stereocenters. The molecule has 1 aliphatic carbocycles. The Morgan fingerprint density at radius 1 is 1.18 bits per heavy atom. The first-order valence-electron chi connectivity index (χ1n) is 11.3. The summed E-state index contributed by atoms with van der Waals surface area (Å²) in [5.41, 5.74) is 6.18. The van der Waals surface area contributed by atoms with E-state index >= 15 is 0 Å². The van der Waals surface area contributed by atoms with Crippen molar-refractivity contribution in [1.29, 1.82) is 0 Å². The lowest BCUT2D eigenvalue weighted by Crippen LogP contribution is -2.03. The summed E-state index contributed by atoms with van der Waals surface area (Å²) in [6.07, 6.45) is 11.0. The number of hydrogen-bond donors (Lipinski definition) is 1. The minimum absolute atomic E-state index is 0.153. The molecule has 0 saturated heterocycles. The first-order valence-corrected chi connectivity index (χ1v) is 12.1. The lowest BCUT2D eigenvalue weighted by atomic mass is 9.99. The van der Waals surface area contributed by atoms with Crippen LogP contribution in [0.5, 0.6) is 0 Å². The van der Waals surface area contributed by atoms with Gasteiger partial charge in [0.2, 0.25) is 5.95 Å². The van der Waals surface area contributed by atoms with Gasteiger partial charge in [-0.15, -0.1) is 11.3 Å². The monoisotopic (exact) mass is 458 g/mol. The van der Waals surface area contributed by atoms with Gasteiger partial charge in [0, 0.05) is 36.3 Å². The Bertz CT molecular complexity index is 1280. The van der Waals surface area contributed by atoms with Crippen molar-refractivity contribution in [1.82, 2.24) is 24.7 Å². The van der Waals surface area contributed by atoms with Crippen molar-refractivity contribution in [2.45, 2.75) is 45.4 Å². The van der Waals surface area contributed by atoms with Gasteiger partial charge in [0.1, 0.15) is 0 Å². The molecular weight excluding hydrogens is 432 g/mol. The molecule has 0 bridgehead atoms. The number of anilines is 2. The molecule has 0 atom stereocenters. The van der Waals surface area contributed by atoms with Crippen molar-refractivity contribution < 1.29 is 4.79 Å².